The third-order valence-corrected chi connectivity index (χ3v) is 5.39. The molecule has 0 saturated carbocycles. The minimum atomic E-state index is -4.11. The zero-order valence-corrected chi connectivity index (χ0v) is 15.4. The van der Waals surface area contributed by atoms with Crippen molar-refractivity contribution >= 4 is 27.2 Å². The highest BCUT2D eigenvalue weighted by molar-refractivity contribution is 7.86. The van der Waals surface area contributed by atoms with Crippen molar-refractivity contribution in [2.45, 2.75) is 31.1 Å². The van der Waals surface area contributed by atoms with E-state index in [0.717, 1.165) is 16.8 Å². The Morgan fingerprint density at radius 1 is 1.15 bits per heavy atom. The third kappa shape index (κ3) is 3.11. The SMILES string of the molecule is Cc1ccc(S(=O)(=O)O/N=C(/C#N)C2=Nc3ccccc3C2(C)C)cc1. The van der Waals surface area contributed by atoms with E-state index in [1.165, 1.54) is 12.1 Å². The molecule has 26 heavy (non-hydrogen) atoms. The van der Waals surface area contributed by atoms with Crippen LogP contribution in [0.1, 0.15) is 25.0 Å². The first-order chi connectivity index (χ1) is 12.3. The van der Waals surface area contributed by atoms with Gasteiger partial charge >= 0.3 is 10.1 Å². The van der Waals surface area contributed by atoms with E-state index in [2.05, 4.69) is 10.1 Å². The van der Waals surface area contributed by atoms with E-state index in [-0.39, 0.29) is 10.6 Å². The molecule has 2 aromatic carbocycles. The van der Waals surface area contributed by atoms with Crippen molar-refractivity contribution in [1.29, 1.82) is 5.26 Å². The van der Waals surface area contributed by atoms with Gasteiger partial charge in [-0.2, -0.15) is 13.7 Å². The monoisotopic (exact) mass is 367 g/mol. The van der Waals surface area contributed by atoms with Gasteiger partial charge in [-0.15, -0.1) is 0 Å². The van der Waals surface area contributed by atoms with Crippen molar-refractivity contribution < 1.29 is 12.7 Å². The van der Waals surface area contributed by atoms with Crippen LogP contribution in [0.4, 0.5) is 5.69 Å². The first-order valence-corrected chi connectivity index (χ1v) is 9.34. The maximum atomic E-state index is 12.3. The molecule has 0 aromatic heterocycles. The Morgan fingerprint density at radius 2 is 1.81 bits per heavy atom. The molecule has 0 spiro atoms. The van der Waals surface area contributed by atoms with Gasteiger partial charge in [0.05, 0.1) is 11.4 Å². The molecule has 0 N–H and O–H groups in total. The maximum Gasteiger partial charge on any atom is 0.358 e. The van der Waals surface area contributed by atoms with Gasteiger partial charge in [-0.1, -0.05) is 41.1 Å². The molecule has 0 unspecified atom stereocenters. The van der Waals surface area contributed by atoms with E-state index in [9.17, 15) is 13.7 Å². The summed E-state index contributed by atoms with van der Waals surface area (Å²) in [6.07, 6.45) is 0. The predicted molar refractivity (Wildman–Crippen MR) is 99.1 cm³/mol. The molecule has 0 fully saturated rings. The summed E-state index contributed by atoms with van der Waals surface area (Å²) in [5, 5.41) is 13.1. The van der Waals surface area contributed by atoms with Crippen LogP contribution >= 0.6 is 0 Å². The average molecular weight is 367 g/mol. The molecule has 1 heterocycles. The Bertz CT molecular complexity index is 1060. The van der Waals surface area contributed by atoms with Crippen LogP contribution in [0.3, 0.4) is 0 Å². The molecule has 7 heteroatoms. The molecule has 0 amide bonds. The Balaban J connectivity index is 1.93. The second-order valence-corrected chi connectivity index (χ2v) is 8.02. The van der Waals surface area contributed by atoms with Gasteiger partial charge in [0.2, 0.25) is 5.71 Å². The fraction of sp³-hybridized carbons (Fsp3) is 0.211. The van der Waals surface area contributed by atoms with Crippen LogP contribution in [0.15, 0.2) is 63.6 Å². The summed E-state index contributed by atoms with van der Waals surface area (Å²) in [7, 11) is -4.11. The van der Waals surface area contributed by atoms with E-state index < -0.39 is 15.5 Å². The normalized spacial score (nSPS) is 15.8. The molecule has 132 valence electrons. The first-order valence-electron chi connectivity index (χ1n) is 7.93. The minimum absolute atomic E-state index is 0.0277. The van der Waals surface area contributed by atoms with Gasteiger partial charge in [-0.25, -0.2) is 4.99 Å². The number of para-hydroxylation sites is 1. The lowest BCUT2D eigenvalue weighted by Crippen LogP contribution is -2.32. The number of fused-ring (bicyclic) bond motifs is 1. The molecule has 0 radical (unpaired) electrons. The van der Waals surface area contributed by atoms with Crippen LogP contribution in [0, 0.1) is 18.3 Å². The predicted octanol–water partition coefficient (Wildman–Crippen LogP) is 3.64. The van der Waals surface area contributed by atoms with Crippen LogP contribution in [0.25, 0.3) is 0 Å². The summed E-state index contributed by atoms with van der Waals surface area (Å²) in [6, 6.07) is 15.6. The number of aryl methyl sites for hydroxylation is 1. The van der Waals surface area contributed by atoms with Crippen molar-refractivity contribution in [3.8, 4) is 6.07 Å². The van der Waals surface area contributed by atoms with Crippen LogP contribution in [0.2, 0.25) is 0 Å². The number of oxime groups is 1. The smallest absolute Gasteiger partial charge is 0.263 e. The molecule has 0 atom stereocenters. The second kappa shape index (κ2) is 6.39. The zero-order chi connectivity index (χ0) is 18.9. The largest absolute Gasteiger partial charge is 0.358 e. The lowest BCUT2D eigenvalue weighted by Gasteiger charge is -2.20. The van der Waals surface area contributed by atoms with Gasteiger partial charge in [0, 0.05) is 5.41 Å². The molecule has 1 aliphatic rings. The number of hydrogen-bond donors (Lipinski definition) is 0. The lowest BCUT2D eigenvalue weighted by atomic mass is 9.80. The van der Waals surface area contributed by atoms with Crippen LogP contribution < -0.4 is 0 Å². The number of nitrogens with zero attached hydrogens (tertiary/aromatic N) is 3. The highest BCUT2D eigenvalue weighted by atomic mass is 32.2. The molecular formula is C19H17N3O3S. The van der Waals surface area contributed by atoms with Gasteiger partial charge in [0.25, 0.3) is 0 Å². The lowest BCUT2D eigenvalue weighted by molar-refractivity contribution is 0.340. The van der Waals surface area contributed by atoms with Crippen LogP contribution in [-0.2, 0) is 19.8 Å². The van der Waals surface area contributed by atoms with E-state index >= 15 is 0 Å². The second-order valence-electron chi connectivity index (χ2n) is 6.50. The number of nitriles is 1. The number of hydrogen-bond acceptors (Lipinski definition) is 6. The standard InChI is InChI=1S/C19H17N3O3S/c1-13-8-10-14(11-9-13)26(23,24)25-22-17(12-20)18-19(2,3)15-6-4-5-7-16(15)21-18/h4-11H,1-3H3/b22-17-. The molecule has 3 rings (SSSR count). The Labute approximate surface area is 152 Å². The number of benzene rings is 2. The van der Waals surface area contributed by atoms with Crippen molar-refractivity contribution in [3.63, 3.8) is 0 Å². The quantitative estimate of drug-likeness (QED) is 0.609. The molecule has 0 saturated heterocycles. The van der Waals surface area contributed by atoms with Gasteiger partial charge in [-0.05, 0) is 44.5 Å². The molecular weight excluding hydrogens is 350 g/mol. The minimum Gasteiger partial charge on any atom is -0.263 e. The number of rotatable bonds is 4. The van der Waals surface area contributed by atoms with Crippen molar-refractivity contribution in [2.24, 2.45) is 10.1 Å². The Kier molecular flexibility index (Phi) is 4.38. The molecule has 0 bridgehead atoms. The maximum absolute atomic E-state index is 12.3. The van der Waals surface area contributed by atoms with Gasteiger partial charge < -0.3 is 0 Å². The average Bonchev–Trinajstić information content (AvgIpc) is 2.87. The van der Waals surface area contributed by atoms with Gasteiger partial charge in [0.15, 0.2) is 0 Å². The van der Waals surface area contributed by atoms with Crippen LogP contribution in [-0.4, -0.2) is 19.8 Å². The molecule has 6 nitrogen and oxygen atoms in total. The fourth-order valence-corrected chi connectivity index (χ4v) is 3.52. The van der Waals surface area contributed by atoms with E-state index in [0.29, 0.717) is 5.71 Å². The zero-order valence-electron chi connectivity index (χ0n) is 14.6. The summed E-state index contributed by atoms with van der Waals surface area (Å²) < 4.78 is 29.3. The molecule has 0 aliphatic carbocycles. The van der Waals surface area contributed by atoms with Gasteiger partial charge in [0.1, 0.15) is 11.0 Å². The summed E-state index contributed by atoms with van der Waals surface area (Å²) >= 11 is 0. The van der Waals surface area contributed by atoms with E-state index in [1.54, 1.807) is 12.1 Å². The van der Waals surface area contributed by atoms with Crippen molar-refractivity contribution in [3.05, 3.63) is 59.7 Å². The number of aliphatic imine (C=N–C) groups is 1. The summed E-state index contributed by atoms with van der Waals surface area (Å²) in [6.45, 7) is 5.65. The topological polar surface area (TPSA) is 91.9 Å². The first kappa shape index (κ1) is 17.8. The highest BCUT2D eigenvalue weighted by Gasteiger charge is 2.38. The third-order valence-electron chi connectivity index (χ3n) is 4.27. The Morgan fingerprint density at radius 3 is 2.42 bits per heavy atom. The van der Waals surface area contributed by atoms with Crippen molar-refractivity contribution in [1.82, 2.24) is 0 Å². The van der Waals surface area contributed by atoms with Crippen molar-refractivity contribution in [2.75, 3.05) is 0 Å². The summed E-state index contributed by atoms with van der Waals surface area (Å²) in [5.41, 5.74) is 2.23. The molecule has 2 aromatic rings. The van der Waals surface area contributed by atoms with E-state index in [1.807, 2.05) is 51.1 Å². The highest BCUT2D eigenvalue weighted by Crippen LogP contribution is 2.40. The fourth-order valence-electron chi connectivity index (χ4n) is 2.79. The van der Waals surface area contributed by atoms with Crippen LogP contribution in [0.5, 0.6) is 0 Å². The van der Waals surface area contributed by atoms with E-state index in [4.69, 9.17) is 4.28 Å². The molecule has 1 aliphatic heterocycles. The Hall–Kier alpha value is -2.98. The van der Waals surface area contributed by atoms with Gasteiger partial charge in [-0.3, -0.25) is 4.28 Å². The summed E-state index contributed by atoms with van der Waals surface area (Å²) in [5.74, 6) is 0. The summed E-state index contributed by atoms with van der Waals surface area (Å²) in [4.78, 5) is 4.42.